The van der Waals surface area contributed by atoms with Gasteiger partial charge in [0.15, 0.2) is 0 Å². The van der Waals surface area contributed by atoms with Gasteiger partial charge in [-0.2, -0.15) is 0 Å². The van der Waals surface area contributed by atoms with Crippen LogP contribution in [0.5, 0.6) is 0 Å². The molecule has 68 valence electrons. The molecule has 0 spiro atoms. The average Bonchev–Trinajstić information content (AvgIpc) is 2.10. The number of aliphatic hydroxyl groups excluding tert-OH is 1. The largest absolute Gasteiger partial charge is 0.395 e. The Labute approximate surface area is 83.4 Å². The Kier molecular flexibility index (Phi) is 3.82. The molecule has 1 N–H and O–H groups in total. The first-order valence-electron chi connectivity index (χ1n) is 4.10. The van der Waals surface area contributed by atoms with E-state index in [9.17, 15) is 0 Å². The van der Waals surface area contributed by atoms with Crippen molar-refractivity contribution in [1.82, 2.24) is 0 Å². The van der Waals surface area contributed by atoms with Gasteiger partial charge in [-0.25, -0.2) is 0 Å². The Morgan fingerprint density at radius 2 is 2.23 bits per heavy atom. The number of hydrogen-bond acceptors (Lipinski definition) is 1. The van der Waals surface area contributed by atoms with E-state index >= 15 is 0 Å². The fraction of sp³-hybridized carbons (Fsp3) is 0.273. The Morgan fingerprint density at radius 3 is 2.85 bits per heavy atom. The predicted molar refractivity (Wildman–Crippen MR) is 54.8 cm³/mol. The van der Waals surface area contributed by atoms with Crippen molar-refractivity contribution in [3.8, 4) is 11.8 Å². The van der Waals surface area contributed by atoms with Crippen LogP contribution in [0.25, 0.3) is 0 Å². The first-order chi connectivity index (χ1) is 6.25. The van der Waals surface area contributed by atoms with Crippen LogP contribution in [-0.2, 0) is 0 Å². The second kappa shape index (κ2) is 4.91. The number of hydrogen-bond donors (Lipinski definition) is 1. The Balaban J connectivity index is 2.95. The maximum atomic E-state index is 8.55. The average molecular weight is 195 g/mol. The van der Waals surface area contributed by atoms with Crippen LogP contribution < -0.4 is 0 Å². The van der Waals surface area contributed by atoms with Crippen molar-refractivity contribution in [2.24, 2.45) is 0 Å². The van der Waals surface area contributed by atoms with E-state index in [0.717, 1.165) is 11.1 Å². The third kappa shape index (κ3) is 2.77. The molecule has 0 aliphatic heterocycles. The summed E-state index contributed by atoms with van der Waals surface area (Å²) in [6.07, 6.45) is 0.491. The fourth-order valence-electron chi connectivity index (χ4n) is 0.997. The molecule has 0 bridgehead atoms. The number of rotatable bonds is 1. The zero-order chi connectivity index (χ0) is 9.68. The summed E-state index contributed by atoms with van der Waals surface area (Å²) in [6, 6.07) is 5.68. The van der Waals surface area contributed by atoms with Crippen molar-refractivity contribution in [2.45, 2.75) is 13.3 Å². The SMILES string of the molecule is Cc1cccc(Cl)c1C#CCCO. The van der Waals surface area contributed by atoms with Gasteiger partial charge >= 0.3 is 0 Å². The van der Waals surface area contributed by atoms with Gasteiger partial charge in [0.05, 0.1) is 11.6 Å². The Bertz CT molecular complexity index is 327. The molecule has 13 heavy (non-hydrogen) atoms. The monoisotopic (exact) mass is 194 g/mol. The molecule has 0 unspecified atom stereocenters. The molecule has 1 rings (SSSR count). The molecule has 0 saturated heterocycles. The van der Waals surface area contributed by atoms with E-state index < -0.39 is 0 Å². The topological polar surface area (TPSA) is 20.2 Å². The molecule has 0 radical (unpaired) electrons. The minimum absolute atomic E-state index is 0.0938. The Hall–Kier alpha value is -0.970. The minimum Gasteiger partial charge on any atom is -0.395 e. The van der Waals surface area contributed by atoms with Crippen LogP contribution in [-0.4, -0.2) is 11.7 Å². The van der Waals surface area contributed by atoms with E-state index in [1.165, 1.54) is 0 Å². The lowest BCUT2D eigenvalue weighted by molar-refractivity contribution is 0.305. The first-order valence-corrected chi connectivity index (χ1v) is 4.48. The normalized spacial score (nSPS) is 9.15. The molecule has 0 heterocycles. The van der Waals surface area contributed by atoms with Gasteiger partial charge in [0.2, 0.25) is 0 Å². The van der Waals surface area contributed by atoms with Gasteiger partial charge in [0, 0.05) is 12.0 Å². The zero-order valence-electron chi connectivity index (χ0n) is 7.47. The second-order valence-corrected chi connectivity index (χ2v) is 3.11. The van der Waals surface area contributed by atoms with Crippen LogP contribution in [0.15, 0.2) is 18.2 Å². The molecule has 1 aromatic rings. The summed E-state index contributed by atoms with van der Waals surface area (Å²) in [5.74, 6) is 5.79. The summed E-state index contributed by atoms with van der Waals surface area (Å²) < 4.78 is 0. The molecule has 1 nitrogen and oxygen atoms in total. The van der Waals surface area contributed by atoms with E-state index in [2.05, 4.69) is 11.8 Å². The molecule has 0 aliphatic rings. The van der Waals surface area contributed by atoms with Crippen molar-refractivity contribution in [3.05, 3.63) is 34.3 Å². The van der Waals surface area contributed by atoms with E-state index in [0.29, 0.717) is 11.4 Å². The van der Waals surface area contributed by atoms with Gasteiger partial charge < -0.3 is 5.11 Å². The highest BCUT2D eigenvalue weighted by Gasteiger charge is 1.98. The van der Waals surface area contributed by atoms with E-state index in [1.54, 1.807) is 0 Å². The molecule has 1 aromatic carbocycles. The number of aryl methyl sites for hydroxylation is 1. The van der Waals surface area contributed by atoms with Gasteiger partial charge in [-0.3, -0.25) is 0 Å². The highest BCUT2D eigenvalue weighted by molar-refractivity contribution is 6.31. The van der Waals surface area contributed by atoms with Crippen molar-refractivity contribution in [3.63, 3.8) is 0 Å². The lowest BCUT2D eigenvalue weighted by Crippen LogP contribution is -1.83. The first kappa shape index (κ1) is 10.1. The maximum Gasteiger partial charge on any atom is 0.0565 e. The lowest BCUT2D eigenvalue weighted by Gasteiger charge is -1.99. The van der Waals surface area contributed by atoms with Gasteiger partial charge in [-0.05, 0) is 18.6 Å². The summed E-state index contributed by atoms with van der Waals surface area (Å²) in [4.78, 5) is 0. The van der Waals surface area contributed by atoms with Crippen molar-refractivity contribution >= 4 is 11.6 Å². The van der Waals surface area contributed by atoms with Gasteiger partial charge in [0.25, 0.3) is 0 Å². The molecular formula is C11H11ClO. The summed E-state index contributed by atoms with van der Waals surface area (Å²) in [5.41, 5.74) is 1.93. The van der Waals surface area contributed by atoms with E-state index in [1.807, 2.05) is 25.1 Å². The third-order valence-electron chi connectivity index (χ3n) is 1.67. The van der Waals surface area contributed by atoms with Gasteiger partial charge in [-0.15, -0.1) is 0 Å². The zero-order valence-corrected chi connectivity index (χ0v) is 8.23. The minimum atomic E-state index is 0.0938. The second-order valence-electron chi connectivity index (χ2n) is 2.71. The number of aliphatic hydroxyl groups is 1. The van der Waals surface area contributed by atoms with Crippen LogP contribution in [0, 0.1) is 18.8 Å². The molecule has 0 amide bonds. The Morgan fingerprint density at radius 1 is 1.46 bits per heavy atom. The van der Waals surface area contributed by atoms with Crippen molar-refractivity contribution < 1.29 is 5.11 Å². The van der Waals surface area contributed by atoms with Crippen LogP contribution in [0.1, 0.15) is 17.5 Å². The van der Waals surface area contributed by atoms with Crippen LogP contribution in [0.4, 0.5) is 0 Å². The van der Waals surface area contributed by atoms with Crippen LogP contribution in [0.2, 0.25) is 5.02 Å². The van der Waals surface area contributed by atoms with Crippen LogP contribution >= 0.6 is 11.6 Å². The predicted octanol–water partition coefficient (Wildman–Crippen LogP) is 2.38. The summed E-state index contributed by atoms with van der Waals surface area (Å²) >= 11 is 5.94. The van der Waals surface area contributed by atoms with Crippen molar-refractivity contribution in [2.75, 3.05) is 6.61 Å². The third-order valence-corrected chi connectivity index (χ3v) is 1.99. The van der Waals surface area contributed by atoms with Gasteiger partial charge in [-0.1, -0.05) is 35.6 Å². The smallest absolute Gasteiger partial charge is 0.0565 e. The molecule has 0 fully saturated rings. The van der Waals surface area contributed by atoms with Crippen LogP contribution in [0.3, 0.4) is 0 Å². The van der Waals surface area contributed by atoms with Crippen molar-refractivity contribution in [1.29, 1.82) is 0 Å². The fourth-order valence-corrected chi connectivity index (χ4v) is 1.27. The molecule has 0 aliphatic carbocycles. The standard InChI is InChI=1S/C11H11ClO/c1-9-5-4-7-11(12)10(9)6-2-3-8-13/h4-5,7,13H,3,8H2,1H3. The highest BCUT2D eigenvalue weighted by atomic mass is 35.5. The molecule has 0 aromatic heterocycles. The number of halogens is 1. The number of benzene rings is 1. The highest BCUT2D eigenvalue weighted by Crippen LogP contribution is 2.17. The lowest BCUT2D eigenvalue weighted by atomic mass is 10.1. The summed E-state index contributed by atoms with van der Waals surface area (Å²) in [7, 11) is 0. The molecule has 2 heteroatoms. The molecule has 0 saturated carbocycles. The quantitative estimate of drug-likeness (QED) is 0.681. The molecular weight excluding hydrogens is 184 g/mol. The van der Waals surface area contributed by atoms with E-state index in [-0.39, 0.29) is 6.61 Å². The summed E-state index contributed by atoms with van der Waals surface area (Å²) in [6.45, 7) is 2.06. The summed E-state index contributed by atoms with van der Waals surface area (Å²) in [5, 5.41) is 9.22. The van der Waals surface area contributed by atoms with Gasteiger partial charge in [0.1, 0.15) is 0 Å². The maximum absolute atomic E-state index is 8.55. The van der Waals surface area contributed by atoms with E-state index in [4.69, 9.17) is 16.7 Å². The molecule has 0 atom stereocenters.